The number of pyridine rings is 1. The zero-order valence-corrected chi connectivity index (χ0v) is 14.8. The Labute approximate surface area is 158 Å². The van der Waals surface area contributed by atoms with Crippen LogP contribution in [0.5, 0.6) is 0 Å². The first-order valence-electron chi connectivity index (χ1n) is 9.06. The Bertz CT molecular complexity index is 1240. The van der Waals surface area contributed by atoms with Gasteiger partial charge >= 0.3 is 0 Å². The van der Waals surface area contributed by atoms with Crippen molar-refractivity contribution in [1.82, 2.24) is 4.98 Å². The Kier molecular flexibility index (Phi) is 3.80. The molecule has 5 rings (SSSR count). The molecule has 0 radical (unpaired) electrons. The molecule has 0 bridgehead atoms. The van der Waals surface area contributed by atoms with E-state index in [0.717, 1.165) is 27.8 Å². The minimum atomic E-state index is 0.987. The third kappa shape index (κ3) is 3.13. The van der Waals surface area contributed by atoms with E-state index < -0.39 is 0 Å². The van der Waals surface area contributed by atoms with E-state index in [1.807, 2.05) is 12.3 Å². The van der Waals surface area contributed by atoms with Crippen LogP contribution < -0.4 is 5.32 Å². The molecule has 0 saturated heterocycles. The fraction of sp³-hybridized carbons (Fsp3) is 0. The van der Waals surface area contributed by atoms with E-state index in [9.17, 15) is 0 Å². The summed E-state index contributed by atoms with van der Waals surface area (Å²) in [7, 11) is 0. The summed E-state index contributed by atoms with van der Waals surface area (Å²) in [4.78, 5) is 4.67. The van der Waals surface area contributed by atoms with Crippen molar-refractivity contribution in [2.24, 2.45) is 0 Å². The molecule has 1 heterocycles. The SMILES string of the molecule is c1ccc(-c2cnc3cc(Nc4ccc5ccccc5c4)ccc3c2)cc1. The number of anilines is 2. The molecule has 0 aliphatic carbocycles. The third-order valence-corrected chi connectivity index (χ3v) is 4.83. The number of hydrogen-bond donors (Lipinski definition) is 1. The van der Waals surface area contributed by atoms with Crippen LogP contribution in [0.3, 0.4) is 0 Å². The zero-order chi connectivity index (χ0) is 18.1. The van der Waals surface area contributed by atoms with Gasteiger partial charge in [0.25, 0.3) is 0 Å². The van der Waals surface area contributed by atoms with E-state index in [2.05, 4.69) is 101 Å². The minimum absolute atomic E-state index is 0.987. The number of hydrogen-bond acceptors (Lipinski definition) is 2. The van der Waals surface area contributed by atoms with E-state index in [0.29, 0.717) is 0 Å². The number of fused-ring (bicyclic) bond motifs is 2. The van der Waals surface area contributed by atoms with Crippen LogP contribution in [0.2, 0.25) is 0 Å². The number of aromatic nitrogens is 1. The topological polar surface area (TPSA) is 24.9 Å². The Morgan fingerprint density at radius 2 is 1.22 bits per heavy atom. The van der Waals surface area contributed by atoms with Crippen LogP contribution in [0.1, 0.15) is 0 Å². The second-order valence-corrected chi connectivity index (χ2v) is 6.68. The molecular formula is C25H18N2. The zero-order valence-electron chi connectivity index (χ0n) is 14.8. The average molecular weight is 346 g/mol. The molecule has 1 aromatic heterocycles. The summed E-state index contributed by atoms with van der Waals surface area (Å²) in [6, 6.07) is 33.7. The molecule has 0 amide bonds. The molecule has 0 aliphatic heterocycles. The minimum Gasteiger partial charge on any atom is -0.355 e. The molecule has 0 unspecified atom stereocenters. The van der Waals surface area contributed by atoms with Gasteiger partial charge in [0, 0.05) is 28.5 Å². The summed E-state index contributed by atoms with van der Waals surface area (Å²) < 4.78 is 0. The second-order valence-electron chi connectivity index (χ2n) is 6.68. The van der Waals surface area contributed by atoms with Gasteiger partial charge in [-0.25, -0.2) is 0 Å². The molecule has 2 heteroatoms. The predicted molar refractivity (Wildman–Crippen MR) is 114 cm³/mol. The highest BCUT2D eigenvalue weighted by Gasteiger charge is 2.03. The van der Waals surface area contributed by atoms with Crippen molar-refractivity contribution in [3.8, 4) is 11.1 Å². The van der Waals surface area contributed by atoms with Crippen molar-refractivity contribution < 1.29 is 0 Å². The molecule has 0 fully saturated rings. The molecule has 0 aliphatic rings. The van der Waals surface area contributed by atoms with Crippen LogP contribution in [-0.2, 0) is 0 Å². The van der Waals surface area contributed by atoms with Crippen LogP contribution >= 0.6 is 0 Å². The van der Waals surface area contributed by atoms with Crippen LogP contribution in [0, 0.1) is 0 Å². The van der Waals surface area contributed by atoms with Crippen molar-refractivity contribution in [1.29, 1.82) is 0 Å². The fourth-order valence-corrected chi connectivity index (χ4v) is 3.42. The van der Waals surface area contributed by atoms with Crippen molar-refractivity contribution in [2.45, 2.75) is 0 Å². The van der Waals surface area contributed by atoms with E-state index in [-0.39, 0.29) is 0 Å². The van der Waals surface area contributed by atoms with Gasteiger partial charge in [-0.15, -0.1) is 0 Å². The number of nitrogens with zero attached hydrogens (tertiary/aromatic N) is 1. The van der Waals surface area contributed by atoms with Crippen LogP contribution in [0.4, 0.5) is 11.4 Å². The highest BCUT2D eigenvalue weighted by atomic mass is 14.9. The van der Waals surface area contributed by atoms with Gasteiger partial charge < -0.3 is 5.32 Å². The Hall–Kier alpha value is -3.65. The van der Waals surface area contributed by atoms with Gasteiger partial charge in [-0.05, 0) is 46.7 Å². The highest BCUT2D eigenvalue weighted by molar-refractivity contribution is 5.89. The lowest BCUT2D eigenvalue weighted by Gasteiger charge is -2.09. The number of nitrogens with one attached hydrogen (secondary N) is 1. The molecule has 0 spiro atoms. The van der Waals surface area contributed by atoms with Gasteiger partial charge in [-0.1, -0.05) is 66.7 Å². The predicted octanol–water partition coefficient (Wildman–Crippen LogP) is 6.80. The third-order valence-electron chi connectivity index (χ3n) is 4.83. The van der Waals surface area contributed by atoms with Crippen molar-refractivity contribution in [3.05, 3.63) is 103 Å². The Morgan fingerprint density at radius 1 is 0.519 bits per heavy atom. The maximum absolute atomic E-state index is 4.67. The molecule has 1 N–H and O–H groups in total. The lowest BCUT2D eigenvalue weighted by molar-refractivity contribution is 1.40. The number of rotatable bonds is 3. The van der Waals surface area contributed by atoms with Crippen LogP contribution in [-0.4, -0.2) is 4.98 Å². The van der Waals surface area contributed by atoms with Gasteiger partial charge in [0.2, 0.25) is 0 Å². The first-order chi connectivity index (χ1) is 13.3. The van der Waals surface area contributed by atoms with E-state index >= 15 is 0 Å². The van der Waals surface area contributed by atoms with Crippen molar-refractivity contribution in [3.63, 3.8) is 0 Å². The van der Waals surface area contributed by atoms with Gasteiger partial charge in [0.1, 0.15) is 0 Å². The van der Waals surface area contributed by atoms with Gasteiger partial charge in [-0.3, -0.25) is 4.98 Å². The van der Waals surface area contributed by atoms with Crippen LogP contribution in [0.25, 0.3) is 32.8 Å². The van der Waals surface area contributed by atoms with Gasteiger partial charge in [0.05, 0.1) is 5.52 Å². The molecule has 128 valence electrons. The maximum atomic E-state index is 4.67. The van der Waals surface area contributed by atoms with Crippen molar-refractivity contribution >= 4 is 33.1 Å². The quantitative estimate of drug-likeness (QED) is 0.388. The highest BCUT2D eigenvalue weighted by Crippen LogP contribution is 2.27. The summed E-state index contributed by atoms with van der Waals surface area (Å²) in [6.07, 6.45) is 1.94. The lowest BCUT2D eigenvalue weighted by atomic mass is 10.1. The van der Waals surface area contributed by atoms with Crippen molar-refractivity contribution in [2.75, 3.05) is 5.32 Å². The van der Waals surface area contributed by atoms with Crippen LogP contribution in [0.15, 0.2) is 103 Å². The fourth-order valence-electron chi connectivity index (χ4n) is 3.42. The summed E-state index contributed by atoms with van der Waals surface area (Å²) in [5.41, 5.74) is 5.43. The normalized spacial score (nSPS) is 11.0. The summed E-state index contributed by atoms with van der Waals surface area (Å²) in [5, 5.41) is 7.11. The first-order valence-corrected chi connectivity index (χ1v) is 9.06. The van der Waals surface area contributed by atoms with E-state index in [1.54, 1.807) is 0 Å². The molecule has 5 aromatic rings. The summed E-state index contributed by atoms with van der Waals surface area (Å²) >= 11 is 0. The maximum Gasteiger partial charge on any atom is 0.0723 e. The molecule has 0 saturated carbocycles. The number of benzene rings is 4. The average Bonchev–Trinajstić information content (AvgIpc) is 2.74. The largest absolute Gasteiger partial charge is 0.355 e. The summed E-state index contributed by atoms with van der Waals surface area (Å²) in [6.45, 7) is 0. The van der Waals surface area contributed by atoms with E-state index in [1.165, 1.54) is 16.3 Å². The molecule has 0 atom stereocenters. The van der Waals surface area contributed by atoms with Gasteiger partial charge in [-0.2, -0.15) is 0 Å². The Morgan fingerprint density at radius 3 is 2.07 bits per heavy atom. The second kappa shape index (κ2) is 6.58. The molecular weight excluding hydrogens is 328 g/mol. The Balaban J connectivity index is 1.47. The van der Waals surface area contributed by atoms with Gasteiger partial charge in [0.15, 0.2) is 0 Å². The lowest BCUT2D eigenvalue weighted by Crippen LogP contribution is -1.91. The van der Waals surface area contributed by atoms with E-state index in [4.69, 9.17) is 0 Å². The standard InChI is InChI=1S/C25H18N2/c1-2-6-18(7-3-1)22-14-21-11-13-24(16-25(21)26-17-22)27-23-12-10-19-8-4-5-9-20(19)15-23/h1-17,27H. The summed E-state index contributed by atoms with van der Waals surface area (Å²) in [5.74, 6) is 0. The molecule has 4 aromatic carbocycles. The molecule has 27 heavy (non-hydrogen) atoms. The first kappa shape index (κ1) is 15.6. The smallest absolute Gasteiger partial charge is 0.0723 e. The monoisotopic (exact) mass is 346 g/mol. The molecule has 2 nitrogen and oxygen atoms in total.